The quantitative estimate of drug-likeness (QED) is 0.255. The van der Waals surface area contributed by atoms with Crippen LogP contribution in [0.3, 0.4) is 0 Å². The lowest BCUT2D eigenvalue weighted by molar-refractivity contribution is 0.102. The summed E-state index contributed by atoms with van der Waals surface area (Å²) in [5, 5.41) is 9.45. The van der Waals surface area contributed by atoms with E-state index in [0.717, 1.165) is 16.8 Å². The standard InChI is InChI=1S/C25H24N4O4S/c1-16-7-5-6-8-19(16)29-24(17-9-11-26-12-10-17)27-28-25(29)34-15-20(30)18-13-21(31-2)23(33-4)22(14-18)32-3/h5-14H,15H2,1-4H3. The predicted octanol–water partition coefficient (Wildman–Crippen LogP) is 4.64. The van der Waals surface area contributed by atoms with E-state index in [0.29, 0.717) is 33.8 Å². The molecule has 0 amide bonds. The maximum Gasteiger partial charge on any atom is 0.203 e. The lowest BCUT2D eigenvalue weighted by Gasteiger charge is -2.14. The third-order valence-electron chi connectivity index (χ3n) is 5.25. The summed E-state index contributed by atoms with van der Waals surface area (Å²) in [6.45, 7) is 2.03. The van der Waals surface area contributed by atoms with Crippen LogP contribution in [0, 0.1) is 6.92 Å². The van der Waals surface area contributed by atoms with Gasteiger partial charge in [0.05, 0.1) is 32.8 Å². The highest BCUT2D eigenvalue weighted by atomic mass is 32.2. The molecule has 0 fully saturated rings. The molecule has 8 nitrogen and oxygen atoms in total. The molecule has 0 aliphatic carbocycles. The smallest absolute Gasteiger partial charge is 0.203 e. The Hall–Kier alpha value is -3.85. The summed E-state index contributed by atoms with van der Waals surface area (Å²) in [4.78, 5) is 17.2. The average Bonchev–Trinajstić information content (AvgIpc) is 3.30. The number of rotatable bonds is 9. The van der Waals surface area contributed by atoms with Crippen LogP contribution in [0.2, 0.25) is 0 Å². The number of aromatic nitrogens is 4. The van der Waals surface area contributed by atoms with Crippen LogP contribution < -0.4 is 14.2 Å². The van der Waals surface area contributed by atoms with E-state index in [-0.39, 0.29) is 11.5 Å². The highest BCUT2D eigenvalue weighted by Gasteiger charge is 2.21. The van der Waals surface area contributed by atoms with Crippen molar-refractivity contribution >= 4 is 17.5 Å². The van der Waals surface area contributed by atoms with Crippen LogP contribution in [-0.4, -0.2) is 52.6 Å². The molecule has 0 atom stereocenters. The average molecular weight is 477 g/mol. The summed E-state index contributed by atoms with van der Waals surface area (Å²) >= 11 is 1.32. The summed E-state index contributed by atoms with van der Waals surface area (Å²) in [5.41, 5.74) is 3.35. The predicted molar refractivity (Wildman–Crippen MR) is 130 cm³/mol. The summed E-state index contributed by atoms with van der Waals surface area (Å²) in [6.07, 6.45) is 3.43. The number of ether oxygens (including phenoxy) is 3. The zero-order valence-corrected chi connectivity index (χ0v) is 20.1. The first-order valence-electron chi connectivity index (χ1n) is 10.4. The molecule has 0 bridgehead atoms. The van der Waals surface area contributed by atoms with Crippen molar-refractivity contribution in [2.75, 3.05) is 27.1 Å². The van der Waals surface area contributed by atoms with Crippen LogP contribution in [0.15, 0.2) is 66.1 Å². The van der Waals surface area contributed by atoms with Gasteiger partial charge in [0, 0.05) is 23.5 Å². The first kappa shape index (κ1) is 23.3. The monoisotopic (exact) mass is 476 g/mol. The maximum atomic E-state index is 13.1. The molecule has 9 heteroatoms. The van der Waals surface area contributed by atoms with Gasteiger partial charge < -0.3 is 14.2 Å². The van der Waals surface area contributed by atoms with Crippen LogP contribution in [0.1, 0.15) is 15.9 Å². The van der Waals surface area contributed by atoms with Gasteiger partial charge in [0.25, 0.3) is 0 Å². The molecular weight excluding hydrogens is 452 g/mol. The van der Waals surface area contributed by atoms with Gasteiger partial charge in [-0.15, -0.1) is 10.2 Å². The fourth-order valence-electron chi connectivity index (χ4n) is 3.54. The molecule has 0 saturated heterocycles. The lowest BCUT2D eigenvalue weighted by atomic mass is 10.1. The Morgan fingerprint density at radius 1 is 0.941 bits per heavy atom. The summed E-state index contributed by atoms with van der Waals surface area (Å²) in [6, 6.07) is 15.1. The fourth-order valence-corrected chi connectivity index (χ4v) is 4.38. The molecule has 0 N–H and O–H groups in total. The molecule has 0 spiro atoms. The van der Waals surface area contributed by atoms with Gasteiger partial charge in [-0.05, 0) is 42.8 Å². The second-order valence-corrected chi connectivity index (χ2v) is 8.23. The van der Waals surface area contributed by atoms with Crippen molar-refractivity contribution in [3.63, 3.8) is 0 Å². The molecule has 0 saturated carbocycles. The molecule has 2 aromatic heterocycles. The highest BCUT2D eigenvalue weighted by Crippen LogP contribution is 2.38. The van der Waals surface area contributed by atoms with Crippen LogP contribution in [-0.2, 0) is 0 Å². The van der Waals surface area contributed by atoms with Gasteiger partial charge in [-0.3, -0.25) is 14.3 Å². The number of Topliss-reactive ketones (excluding diaryl/α,β-unsaturated/α-hetero) is 1. The van der Waals surface area contributed by atoms with Crippen molar-refractivity contribution in [3.8, 4) is 34.3 Å². The minimum Gasteiger partial charge on any atom is -0.493 e. The number of carbonyl (C=O) groups is 1. The molecule has 0 aliphatic heterocycles. The number of para-hydroxylation sites is 1. The third-order valence-corrected chi connectivity index (χ3v) is 6.18. The van der Waals surface area contributed by atoms with Crippen LogP contribution in [0.5, 0.6) is 17.2 Å². The Balaban J connectivity index is 1.67. The van der Waals surface area contributed by atoms with E-state index in [1.54, 1.807) is 24.5 Å². The maximum absolute atomic E-state index is 13.1. The van der Waals surface area contributed by atoms with Gasteiger partial charge in [0.15, 0.2) is 28.3 Å². The van der Waals surface area contributed by atoms with Gasteiger partial charge >= 0.3 is 0 Å². The topological polar surface area (TPSA) is 88.4 Å². The Morgan fingerprint density at radius 3 is 2.24 bits per heavy atom. The largest absolute Gasteiger partial charge is 0.493 e. The Morgan fingerprint density at radius 2 is 1.62 bits per heavy atom. The minimum absolute atomic E-state index is 0.103. The van der Waals surface area contributed by atoms with Gasteiger partial charge in [0.2, 0.25) is 5.75 Å². The number of hydrogen-bond acceptors (Lipinski definition) is 8. The number of aryl methyl sites for hydroxylation is 1. The summed E-state index contributed by atoms with van der Waals surface area (Å²) < 4.78 is 18.1. The molecule has 0 unspecified atom stereocenters. The van der Waals surface area contributed by atoms with Crippen LogP contribution in [0.25, 0.3) is 17.1 Å². The van der Waals surface area contributed by atoms with Crippen LogP contribution >= 0.6 is 11.8 Å². The number of methoxy groups -OCH3 is 3. The minimum atomic E-state index is -0.103. The molecule has 2 heterocycles. The van der Waals surface area contributed by atoms with E-state index in [1.807, 2.05) is 47.9 Å². The van der Waals surface area contributed by atoms with Gasteiger partial charge in [-0.1, -0.05) is 30.0 Å². The first-order valence-corrected chi connectivity index (χ1v) is 11.4. The Labute approximate surface area is 201 Å². The highest BCUT2D eigenvalue weighted by molar-refractivity contribution is 7.99. The van der Waals surface area contributed by atoms with Gasteiger partial charge in [0.1, 0.15) is 0 Å². The number of hydrogen-bond donors (Lipinski definition) is 0. The molecule has 174 valence electrons. The fraction of sp³-hybridized carbons (Fsp3) is 0.200. The number of thioether (sulfide) groups is 1. The van der Waals surface area contributed by atoms with Crippen molar-refractivity contribution in [3.05, 3.63) is 72.1 Å². The van der Waals surface area contributed by atoms with Gasteiger partial charge in [-0.2, -0.15) is 0 Å². The number of benzene rings is 2. The van der Waals surface area contributed by atoms with Gasteiger partial charge in [-0.25, -0.2) is 0 Å². The third kappa shape index (κ3) is 4.60. The molecule has 4 aromatic rings. The number of pyridine rings is 1. The summed E-state index contributed by atoms with van der Waals surface area (Å²) in [5.74, 6) is 2.03. The van der Waals surface area contributed by atoms with Crippen LogP contribution in [0.4, 0.5) is 0 Å². The lowest BCUT2D eigenvalue weighted by Crippen LogP contribution is -2.07. The van der Waals surface area contributed by atoms with Crippen molar-refractivity contribution in [1.82, 2.24) is 19.7 Å². The van der Waals surface area contributed by atoms with E-state index in [9.17, 15) is 4.79 Å². The Kier molecular flexibility index (Phi) is 7.12. The molecule has 2 aromatic carbocycles. The molecular formula is C25H24N4O4S. The molecule has 34 heavy (non-hydrogen) atoms. The number of nitrogens with zero attached hydrogens (tertiary/aromatic N) is 4. The van der Waals surface area contributed by atoms with Crippen molar-refractivity contribution in [1.29, 1.82) is 0 Å². The second kappa shape index (κ2) is 10.4. The van der Waals surface area contributed by atoms with Crippen molar-refractivity contribution < 1.29 is 19.0 Å². The SMILES string of the molecule is COc1cc(C(=O)CSc2nnc(-c3ccncc3)n2-c2ccccc2C)cc(OC)c1OC. The normalized spacial score (nSPS) is 10.7. The van der Waals surface area contributed by atoms with Crippen molar-refractivity contribution in [2.45, 2.75) is 12.1 Å². The summed E-state index contributed by atoms with van der Waals surface area (Å²) in [7, 11) is 4.56. The molecule has 0 radical (unpaired) electrons. The number of carbonyl (C=O) groups excluding carboxylic acids is 1. The molecule has 0 aliphatic rings. The molecule has 4 rings (SSSR count). The van der Waals surface area contributed by atoms with E-state index in [2.05, 4.69) is 15.2 Å². The first-order chi connectivity index (χ1) is 16.6. The van der Waals surface area contributed by atoms with E-state index < -0.39 is 0 Å². The van der Waals surface area contributed by atoms with E-state index >= 15 is 0 Å². The second-order valence-electron chi connectivity index (χ2n) is 7.29. The number of ketones is 1. The Bertz CT molecular complexity index is 1280. The van der Waals surface area contributed by atoms with E-state index in [1.165, 1.54) is 33.1 Å². The van der Waals surface area contributed by atoms with E-state index in [4.69, 9.17) is 14.2 Å². The zero-order valence-electron chi connectivity index (χ0n) is 19.3. The van der Waals surface area contributed by atoms with Crippen molar-refractivity contribution in [2.24, 2.45) is 0 Å². The zero-order chi connectivity index (χ0) is 24.1.